The summed E-state index contributed by atoms with van der Waals surface area (Å²) in [7, 11) is 0. The second-order valence-electron chi connectivity index (χ2n) is 10.2. The third kappa shape index (κ3) is 3.44. The molecule has 4 aliphatic carbocycles. The molecule has 2 saturated carbocycles. The van der Waals surface area contributed by atoms with Gasteiger partial charge in [-0.1, -0.05) is 18.3 Å². The third-order valence-corrected chi connectivity index (χ3v) is 8.06. The summed E-state index contributed by atoms with van der Waals surface area (Å²) in [6.45, 7) is 0. The van der Waals surface area contributed by atoms with E-state index in [9.17, 15) is 39.9 Å². The number of aromatic hydroxyl groups is 1. The van der Waals surface area contributed by atoms with Crippen LogP contribution in [0.4, 0.5) is 0 Å². The first-order chi connectivity index (χ1) is 17.0. The fourth-order valence-electron chi connectivity index (χ4n) is 6.18. The van der Waals surface area contributed by atoms with Crippen LogP contribution in [-0.2, 0) is 20.8 Å². The zero-order valence-electron chi connectivity index (χ0n) is 19.5. The van der Waals surface area contributed by atoms with Gasteiger partial charge in [-0.15, -0.1) is 0 Å². The fraction of sp³-hybridized carbons (Fsp3) is 0.444. The average molecular weight is 494 g/mol. The highest BCUT2D eigenvalue weighted by atomic mass is 16.3. The van der Waals surface area contributed by atoms with Crippen LogP contribution in [0.1, 0.15) is 61.6 Å². The highest BCUT2D eigenvalue weighted by Crippen LogP contribution is 2.52. The van der Waals surface area contributed by atoms with Crippen molar-refractivity contribution < 1.29 is 39.9 Å². The lowest BCUT2D eigenvalue weighted by Gasteiger charge is -2.46. The Kier molecular flexibility index (Phi) is 5.50. The molecule has 2 fully saturated rings. The lowest BCUT2D eigenvalue weighted by molar-refractivity contribution is -0.147. The number of carbonyl (C=O) groups is 3. The van der Waals surface area contributed by atoms with Crippen molar-refractivity contribution >= 4 is 23.2 Å². The smallest absolute Gasteiger partial charge is 0.255 e. The molecule has 9 nitrogen and oxygen atoms in total. The summed E-state index contributed by atoms with van der Waals surface area (Å²) in [6.07, 6.45) is 3.76. The first kappa shape index (κ1) is 24.1. The number of benzene rings is 1. The summed E-state index contributed by atoms with van der Waals surface area (Å²) in [6, 6.07) is 2.92. The van der Waals surface area contributed by atoms with Crippen molar-refractivity contribution in [3.8, 4) is 17.6 Å². The number of carbonyl (C=O) groups excluding carboxylic acids is 3. The van der Waals surface area contributed by atoms with Crippen molar-refractivity contribution in [2.45, 2.75) is 62.6 Å². The van der Waals surface area contributed by atoms with Crippen molar-refractivity contribution in [2.24, 2.45) is 17.6 Å². The number of phenols is 1. The van der Waals surface area contributed by atoms with Gasteiger partial charge in [-0.05, 0) is 62.1 Å². The monoisotopic (exact) mass is 493 g/mol. The first-order valence-corrected chi connectivity index (χ1v) is 12.1. The highest BCUT2D eigenvalue weighted by Gasteiger charge is 2.60. The molecule has 1 aromatic rings. The second kappa shape index (κ2) is 8.22. The minimum Gasteiger partial charge on any atom is -0.508 e. The molecule has 1 aromatic carbocycles. The molecule has 0 spiro atoms. The van der Waals surface area contributed by atoms with E-state index < -0.39 is 57.6 Å². The molecular weight excluding hydrogens is 466 g/mol. The van der Waals surface area contributed by atoms with Gasteiger partial charge in [0.05, 0.1) is 5.56 Å². The van der Waals surface area contributed by atoms with Crippen LogP contribution in [-0.4, -0.2) is 54.2 Å². The van der Waals surface area contributed by atoms with Crippen molar-refractivity contribution in [1.29, 1.82) is 0 Å². The molecule has 7 N–H and O–H groups in total. The molecule has 4 aliphatic rings. The Hall–Kier alpha value is -3.61. The zero-order valence-corrected chi connectivity index (χ0v) is 19.5. The van der Waals surface area contributed by atoms with E-state index in [1.165, 1.54) is 6.07 Å². The molecule has 3 unspecified atom stereocenters. The topological polar surface area (TPSA) is 178 Å². The van der Waals surface area contributed by atoms with Gasteiger partial charge < -0.3 is 31.3 Å². The Morgan fingerprint density at radius 3 is 2.39 bits per heavy atom. The molecule has 188 valence electrons. The van der Waals surface area contributed by atoms with E-state index in [-0.39, 0.29) is 36.1 Å². The van der Waals surface area contributed by atoms with Crippen LogP contribution in [0, 0.1) is 23.7 Å². The number of fused-ring (bicyclic) bond motifs is 3. The maximum Gasteiger partial charge on any atom is 0.255 e. The van der Waals surface area contributed by atoms with Gasteiger partial charge in [0, 0.05) is 23.5 Å². The standard InChI is InChI=1S/C27H27NO8/c28-25(34)21-18(30)12-15-10-14-11-16-13(6-9-26(35)7-2-1-3-8-26)4-5-17(29)20(16)22(31)19(14)23(32)27(15,36)24(21)33/h4-5,14-15,29,31,33,35-36H,1-3,7-8,10-12H2,(H2,28,34). The number of Topliss-reactive ketones (excluding diaryl/α,β-unsaturated/α-hetero) is 2. The third-order valence-electron chi connectivity index (χ3n) is 8.06. The molecule has 0 heterocycles. The van der Waals surface area contributed by atoms with Crippen molar-refractivity contribution in [3.63, 3.8) is 0 Å². The van der Waals surface area contributed by atoms with Crippen LogP contribution in [0.2, 0.25) is 0 Å². The van der Waals surface area contributed by atoms with Crippen LogP contribution in [0.25, 0.3) is 5.76 Å². The number of aliphatic hydroxyl groups is 4. The minimum atomic E-state index is -2.59. The van der Waals surface area contributed by atoms with E-state index in [0.717, 1.165) is 19.3 Å². The molecular formula is C27H27NO8. The molecule has 0 saturated heterocycles. The molecule has 3 atom stereocenters. The Morgan fingerprint density at radius 2 is 1.72 bits per heavy atom. The van der Waals surface area contributed by atoms with Gasteiger partial charge >= 0.3 is 0 Å². The van der Waals surface area contributed by atoms with E-state index in [4.69, 9.17) is 5.73 Å². The Bertz CT molecular complexity index is 1340. The van der Waals surface area contributed by atoms with Crippen molar-refractivity contribution in [3.05, 3.63) is 45.7 Å². The molecule has 0 aliphatic heterocycles. The van der Waals surface area contributed by atoms with Gasteiger partial charge in [0.2, 0.25) is 5.78 Å². The van der Waals surface area contributed by atoms with E-state index in [0.29, 0.717) is 24.0 Å². The number of hydrogen-bond acceptors (Lipinski definition) is 8. The highest BCUT2D eigenvalue weighted by molar-refractivity contribution is 6.22. The summed E-state index contributed by atoms with van der Waals surface area (Å²) < 4.78 is 0. The fourth-order valence-corrected chi connectivity index (χ4v) is 6.18. The zero-order chi connectivity index (χ0) is 26.0. The normalized spacial score (nSPS) is 29.1. The summed E-state index contributed by atoms with van der Waals surface area (Å²) in [4.78, 5) is 37.7. The number of primary amides is 1. The maximum absolute atomic E-state index is 13.5. The lowest BCUT2D eigenvalue weighted by atomic mass is 9.59. The van der Waals surface area contributed by atoms with Crippen molar-refractivity contribution in [2.75, 3.05) is 0 Å². The number of ketones is 2. The number of nitrogens with two attached hydrogens (primary N) is 1. The number of rotatable bonds is 1. The Morgan fingerprint density at radius 1 is 1.03 bits per heavy atom. The molecule has 0 aromatic heterocycles. The lowest BCUT2D eigenvalue weighted by Crippen LogP contribution is -2.58. The SMILES string of the molecule is NC(=O)C1=C(O)C2(O)C(=O)C3=C(O)c4c(O)ccc(C#CC5(O)CCCCC5)c4CC3CC2CC1=O. The minimum absolute atomic E-state index is 0.00966. The van der Waals surface area contributed by atoms with Gasteiger partial charge in [-0.25, -0.2) is 0 Å². The average Bonchev–Trinajstić information content (AvgIpc) is 2.81. The van der Waals surface area contributed by atoms with Crippen LogP contribution in [0.3, 0.4) is 0 Å². The first-order valence-electron chi connectivity index (χ1n) is 12.1. The molecule has 9 heteroatoms. The van der Waals surface area contributed by atoms with Crippen LogP contribution < -0.4 is 5.73 Å². The van der Waals surface area contributed by atoms with Gasteiger partial charge in [-0.2, -0.15) is 0 Å². The molecule has 36 heavy (non-hydrogen) atoms. The van der Waals surface area contributed by atoms with Gasteiger partial charge in [0.1, 0.15) is 28.4 Å². The van der Waals surface area contributed by atoms with Crippen LogP contribution in [0.5, 0.6) is 5.75 Å². The Labute approximate surface area is 206 Å². The molecule has 0 radical (unpaired) electrons. The molecule has 5 rings (SSSR count). The predicted octanol–water partition coefficient (Wildman–Crippen LogP) is 1.47. The van der Waals surface area contributed by atoms with E-state index in [2.05, 4.69) is 11.8 Å². The summed E-state index contributed by atoms with van der Waals surface area (Å²) in [5.41, 5.74) is 1.45. The quantitative estimate of drug-likeness (QED) is 0.251. The summed E-state index contributed by atoms with van der Waals surface area (Å²) in [5, 5.41) is 54.4. The van der Waals surface area contributed by atoms with Gasteiger partial charge in [0.15, 0.2) is 11.4 Å². The van der Waals surface area contributed by atoms with Crippen LogP contribution in [0.15, 0.2) is 29.0 Å². The number of amides is 1. The summed E-state index contributed by atoms with van der Waals surface area (Å²) >= 11 is 0. The van der Waals surface area contributed by atoms with E-state index in [1.54, 1.807) is 6.07 Å². The predicted molar refractivity (Wildman–Crippen MR) is 126 cm³/mol. The van der Waals surface area contributed by atoms with E-state index >= 15 is 0 Å². The summed E-state index contributed by atoms with van der Waals surface area (Å²) in [5.74, 6) is -0.725. The number of phenolic OH excluding ortho intramolecular Hbond substituents is 1. The van der Waals surface area contributed by atoms with Crippen LogP contribution >= 0.6 is 0 Å². The molecule has 0 bridgehead atoms. The maximum atomic E-state index is 13.5. The number of hydrogen-bond donors (Lipinski definition) is 6. The van der Waals surface area contributed by atoms with Gasteiger partial charge in [-0.3, -0.25) is 14.4 Å². The van der Waals surface area contributed by atoms with E-state index in [1.807, 2.05) is 0 Å². The van der Waals surface area contributed by atoms with Crippen molar-refractivity contribution in [1.82, 2.24) is 0 Å². The largest absolute Gasteiger partial charge is 0.508 e. The van der Waals surface area contributed by atoms with Gasteiger partial charge in [0.25, 0.3) is 5.91 Å². The second-order valence-corrected chi connectivity index (χ2v) is 10.2. The molecule has 1 amide bonds. The number of aliphatic hydroxyl groups excluding tert-OH is 2. The Balaban J connectivity index is 1.62.